The van der Waals surface area contributed by atoms with Gasteiger partial charge in [0.2, 0.25) is 0 Å². The van der Waals surface area contributed by atoms with Crippen LogP contribution in [0.4, 0.5) is 0 Å². The third-order valence-electron chi connectivity index (χ3n) is 3.17. The van der Waals surface area contributed by atoms with Crippen molar-refractivity contribution in [3.05, 3.63) is 53.9 Å². The predicted molar refractivity (Wildman–Crippen MR) is 87.5 cm³/mol. The van der Waals surface area contributed by atoms with Gasteiger partial charge in [0.25, 0.3) is 0 Å². The first kappa shape index (κ1) is 14.1. The Balaban J connectivity index is 1.46. The van der Waals surface area contributed by atoms with Crippen molar-refractivity contribution in [2.45, 2.75) is 18.6 Å². The van der Waals surface area contributed by atoms with Gasteiger partial charge in [0.05, 0.1) is 16.7 Å². The van der Waals surface area contributed by atoms with E-state index in [1.807, 2.05) is 24.4 Å². The van der Waals surface area contributed by atoms with Crippen molar-refractivity contribution in [1.29, 1.82) is 0 Å². The fraction of sp³-hybridized carbons (Fsp3) is 0.250. The number of aromatic amines is 1. The Kier molecular flexibility index (Phi) is 4.52. The molecule has 0 saturated carbocycles. The van der Waals surface area contributed by atoms with Gasteiger partial charge >= 0.3 is 0 Å². The summed E-state index contributed by atoms with van der Waals surface area (Å²) >= 11 is 1.74. The van der Waals surface area contributed by atoms with Crippen LogP contribution in [0.25, 0.3) is 11.0 Å². The molecule has 4 nitrogen and oxygen atoms in total. The molecule has 0 saturated heterocycles. The average molecular weight is 298 g/mol. The lowest BCUT2D eigenvalue weighted by Crippen LogP contribution is -2.17. The lowest BCUT2D eigenvalue weighted by molar-refractivity contribution is 0.715. The highest BCUT2D eigenvalue weighted by atomic mass is 32.2. The predicted octanol–water partition coefficient (Wildman–Crippen LogP) is 3.15. The third kappa shape index (κ3) is 3.83. The number of nitrogens with zero attached hydrogens (tertiary/aromatic N) is 2. The van der Waals surface area contributed by atoms with E-state index in [0.717, 1.165) is 40.7 Å². The van der Waals surface area contributed by atoms with Crippen LogP contribution in [0.5, 0.6) is 0 Å². The molecule has 0 aliphatic rings. The molecular weight excluding hydrogens is 280 g/mol. The Morgan fingerprint density at radius 1 is 1.24 bits per heavy atom. The van der Waals surface area contributed by atoms with E-state index in [-0.39, 0.29) is 0 Å². The van der Waals surface area contributed by atoms with Gasteiger partial charge in [-0.15, -0.1) is 0 Å². The number of imidazole rings is 1. The molecule has 2 aromatic heterocycles. The molecule has 108 valence electrons. The number of benzene rings is 1. The Morgan fingerprint density at radius 3 is 3.05 bits per heavy atom. The Labute approximate surface area is 128 Å². The molecule has 0 aliphatic heterocycles. The van der Waals surface area contributed by atoms with Crippen LogP contribution in [0, 0.1) is 6.92 Å². The molecule has 0 unspecified atom stereocenters. The summed E-state index contributed by atoms with van der Waals surface area (Å²) in [4.78, 5) is 12.2. The molecule has 0 amide bonds. The highest BCUT2D eigenvalue weighted by Crippen LogP contribution is 2.19. The van der Waals surface area contributed by atoms with Crippen LogP contribution >= 0.6 is 11.8 Å². The van der Waals surface area contributed by atoms with Crippen molar-refractivity contribution in [2.24, 2.45) is 0 Å². The second kappa shape index (κ2) is 6.74. The van der Waals surface area contributed by atoms with Crippen molar-refractivity contribution in [3.8, 4) is 0 Å². The van der Waals surface area contributed by atoms with Crippen LogP contribution < -0.4 is 5.32 Å². The first-order valence-electron chi connectivity index (χ1n) is 7.01. The van der Waals surface area contributed by atoms with Crippen LogP contribution in [0.15, 0.2) is 47.8 Å². The Hall–Kier alpha value is -1.85. The summed E-state index contributed by atoms with van der Waals surface area (Å²) in [6, 6.07) is 12.3. The van der Waals surface area contributed by atoms with Crippen molar-refractivity contribution >= 4 is 22.8 Å². The maximum Gasteiger partial charge on any atom is 0.166 e. The minimum absolute atomic E-state index is 0.806. The summed E-state index contributed by atoms with van der Waals surface area (Å²) in [5.41, 5.74) is 4.46. The van der Waals surface area contributed by atoms with Gasteiger partial charge < -0.3 is 10.3 Å². The average Bonchev–Trinajstić information content (AvgIpc) is 2.90. The normalized spacial score (nSPS) is 11.1. The van der Waals surface area contributed by atoms with Crippen molar-refractivity contribution in [2.75, 3.05) is 12.3 Å². The molecule has 1 aromatic carbocycles. The number of rotatable bonds is 6. The molecule has 3 aromatic rings. The van der Waals surface area contributed by atoms with Crippen LogP contribution in [-0.2, 0) is 6.54 Å². The quantitative estimate of drug-likeness (QED) is 0.542. The molecule has 0 radical (unpaired) electrons. The van der Waals surface area contributed by atoms with E-state index in [0.29, 0.717) is 0 Å². The summed E-state index contributed by atoms with van der Waals surface area (Å²) in [7, 11) is 0. The highest BCUT2D eigenvalue weighted by molar-refractivity contribution is 7.99. The fourth-order valence-electron chi connectivity index (χ4n) is 2.11. The number of hydrogen-bond donors (Lipinski definition) is 2. The fourth-order valence-corrected chi connectivity index (χ4v) is 2.89. The van der Waals surface area contributed by atoms with E-state index in [1.54, 1.807) is 11.8 Å². The van der Waals surface area contributed by atoms with E-state index < -0.39 is 0 Å². The first-order chi connectivity index (χ1) is 10.3. The van der Waals surface area contributed by atoms with Gasteiger partial charge in [-0.2, -0.15) is 0 Å². The monoisotopic (exact) mass is 298 g/mol. The second-order valence-electron chi connectivity index (χ2n) is 4.91. The van der Waals surface area contributed by atoms with Gasteiger partial charge in [0.1, 0.15) is 0 Å². The highest BCUT2D eigenvalue weighted by Gasteiger charge is 2.03. The second-order valence-corrected chi connectivity index (χ2v) is 5.99. The van der Waals surface area contributed by atoms with E-state index in [4.69, 9.17) is 0 Å². The molecule has 0 atom stereocenters. The number of H-pyrrole nitrogens is 1. The largest absolute Gasteiger partial charge is 0.333 e. The molecule has 0 bridgehead atoms. The van der Waals surface area contributed by atoms with Crippen LogP contribution in [0.1, 0.15) is 11.3 Å². The zero-order valence-corrected chi connectivity index (χ0v) is 12.8. The zero-order chi connectivity index (χ0) is 14.5. The minimum Gasteiger partial charge on any atom is -0.333 e. The maximum atomic E-state index is 4.58. The topological polar surface area (TPSA) is 53.6 Å². The van der Waals surface area contributed by atoms with Gasteiger partial charge in [-0.05, 0) is 36.8 Å². The summed E-state index contributed by atoms with van der Waals surface area (Å²) in [5.74, 6) is 0.978. The number of pyridine rings is 1. The summed E-state index contributed by atoms with van der Waals surface area (Å²) in [6.45, 7) is 3.83. The van der Waals surface area contributed by atoms with Gasteiger partial charge in [0, 0.05) is 25.0 Å². The first-order valence-corrected chi connectivity index (χ1v) is 7.99. The van der Waals surface area contributed by atoms with E-state index in [9.17, 15) is 0 Å². The maximum absolute atomic E-state index is 4.58. The summed E-state index contributed by atoms with van der Waals surface area (Å²) < 4.78 is 0. The van der Waals surface area contributed by atoms with Gasteiger partial charge in [-0.25, -0.2) is 4.98 Å². The van der Waals surface area contributed by atoms with E-state index in [2.05, 4.69) is 45.4 Å². The number of aromatic nitrogens is 3. The van der Waals surface area contributed by atoms with Crippen LogP contribution in [0.3, 0.4) is 0 Å². The van der Waals surface area contributed by atoms with Crippen LogP contribution in [0.2, 0.25) is 0 Å². The van der Waals surface area contributed by atoms with Crippen molar-refractivity contribution in [1.82, 2.24) is 20.3 Å². The number of fused-ring (bicyclic) bond motifs is 1. The van der Waals surface area contributed by atoms with Crippen molar-refractivity contribution in [3.63, 3.8) is 0 Å². The molecule has 0 spiro atoms. The SMILES string of the molecule is Cc1ccc2nc(SCCNCc3ccccn3)[nH]c2c1. The molecular formula is C16H18N4S. The van der Waals surface area contributed by atoms with Gasteiger partial charge in [0.15, 0.2) is 5.16 Å². The molecule has 2 N–H and O–H groups in total. The summed E-state index contributed by atoms with van der Waals surface area (Å²) in [6.07, 6.45) is 1.82. The van der Waals surface area contributed by atoms with Gasteiger partial charge in [-0.1, -0.05) is 23.9 Å². The lowest BCUT2D eigenvalue weighted by atomic mass is 10.2. The third-order valence-corrected chi connectivity index (χ3v) is 4.04. The standard InChI is InChI=1S/C16H18N4S/c1-12-5-6-14-15(10-12)20-16(19-14)21-9-8-17-11-13-4-2-3-7-18-13/h2-7,10,17H,8-9,11H2,1H3,(H,19,20). The zero-order valence-electron chi connectivity index (χ0n) is 12.0. The number of aryl methyl sites for hydroxylation is 1. The summed E-state index contributed by atoms with van der Waals surface area (Å²) in [5, 5.41) is 4.37. The molecule has 2 heterocycles. The number of thioether (sulfide) groups is 1. The molecule has 3 rings (SSSR count). The molecule has 21 heavy (non-hydrogen) atoms. The minimum atomic E-state index is 0.806. The molecule has 0 aliphatic carbocycles. The Morgan fingerprint density at radius 2 is 2.19 bits per heavy atom. The van der Waals surface area contributed by atoms with E-state index in [1.165, 1.54) is 5.56 Å². The van der Waals surface area contributed by atoms with Crippen LogP contribution in [-0.4, -0.2) is 27.2 Å². The smallest absolute Gasteiger partial charge is 0.166 e. The Bertz CT molecular complexity index is 709. The van der Waals surface area contributed by atoms with Crippen molar-refractivity contribution < 1.29 is 0 Å². The van der Waals surface area contributed by atoms with E-state index >= 15 is 0 Å². The molecule has 0 fully saturated rings. The number of nitrogens with one attached hydrogen (secondary N) is 2. The molecule has 5 heteroatoms. The number of hydrogen-bond acceptors (Lipinski definition) is 4. The van der Waals surface area contributed by atoms with Gasteiger partial charge in [-0.3, -0.25) is 4.98 Å². The lowest BCUT2D eigenvalue weighted by Gasteiger charge is -2.02.